The first-order chi connectivity index (χ1) is 8.68. The predicted octanol–water partition coefficient (Wildman–Crippen LogP) is 2.74. The molecule has 0 atom stereocenters. The molecule has 1 aromatic carbocycles. The van der Waals surface area contributed by atoms with Crippen LogP contribution in [0.1, 0.15) is 23.2 Å². The van der Waals surface area contributed by atoms with Crippen LogP contribution in [0.4, 0.5) is 4.39 Å². The van der Waals surface area contributed by atoms with Gasteiger partial charge in [0.1, 0.15) is 5.82 Å². The van der Waals surface area contributed by atoms with Crippen LogP contribution in [0.3, 0.4) is 0 Å². The summed E-state index contributed by atoms with van der Waals surface area (Å²) >= 11 is 3.05. The Balaban J connectivity index is 1.74. The SMILES string of the molecule is O=C(NCCOCC1CC1)c1cccc(Br)c1F. The topological polar surface area (TPSA) is 38.3 Å². The molecule has 0 radical (unpaired) electrons. The van der Waals surface area contributed by atoms with E-state index >= 15 is 0 Å². The maximum atomic E-state index is 13.6. The second-order valence-corrected chi connectivity index (χ2v) is 5.23. The Morgan fingerprint density at radius 1 is 1.50 bits per heavy atom. The van der Waals surface area contributed by atoms with Crippen molar-refractivity contribution in [2.75, 3.05) is 19.8 Å². The molecule has 1 saturated carbocycles. The molecular formula is C13H15BrFNO2. The van der Waals surface area contributed by atoms with Crippen LogP contribution < -0.4 is 5.32 Å². The Morgan fingerprint density at radius 2 is 2.28 bits per heavy atom. The third kappa shape index (κ3) is 3.78. The summed E-state index contributed by atoms with van der Waals surface area (Å²) in [6, 6.07) is 4.65. The number of carbonyl (C=O) groups is 1. The van der Waals surface area contributed by atoms with Crippen LogP contribution in [0.25, 0.3) is 0 Å². The fraction of sp³-hybridized carbons (Fsp3) is 0.462. The summed E-state index contributed by atoms with van der Waals surface area (Å²) in [6.07, 6.45) is 2.49. The monoisotopic (exact) mass is 315 g/mol. The van der Waals surface area contributed by atoms with Crippen LogP contribution >= 0.6 is 15.9 Å². The van der Waals surface area contributed by atoms with Crippen molar-refractivity contribution in [3.05, 3.63) is 34.1 Å². The molecule has 0 aliphatic heterocycles. The van der Waals surface area contributed by atoms with Crippen molar-refractivity contribution >= 4 is 21.8 Å². The van der Waals surface area contributed by atoms with Gasteiger partial charge in [-0.15, -0.1) is 0 Å². The third-order valence-corrected chi connectivity index (χ3v) is 3.39. The first-order valence-corrected chi connectivity index (χ1v) is 6.77. The lowest BCUT2D eigenvalue weighted by Crippen LogP contribution is -2.28. The van der Waals surface area contributed by atoms with Crippen LogP contribution in [0.2, 0.25) is 0 Å². The molecule has 1 fully saturated rings. The third-order valence-electron chi connectivity index (χ3n) is 2.78. The van der Waals surface area contributed by atoms with Gasteiger partial charge in [-0.05, 0) is 46.8 Å². The second-order valence-electron chi connectivity index (χ2n) is 4.38. The summed E-state index contributed by atoms with van der Waals surface area (Å²) in [7, 11) is 0. The quantitative estimate of drug-likeness (QED) is 0.820. The fourth-order valence-electron chi connectivity index (χ4n) is 1.55. The molecule has 0 unspecified atom stereocenters. The summed E-state index contributed by atoms with van der Waals surface area (Å²) in [5.41, 5.74) is 0.0477. The molecule has 0 bridgehead atoms. The van der Waals surface area contributed by atoms with Gasteiger partial charge in [0.25, 0.3) is 5.91 Å². The van der Waals surface area contributed by atoms with Crippen molar-refractivity contribution in [1.82, 2.24) is 5.32 Å². The average molecular weight is 316 g/mol. The molecule has 5 heteroatoms. The summed E-state index contributed by atoms with van der Waals surface area (Å²) < 4.78 is 19.3. The van der Waals surface area contributed by atoms with E-state index in [9.17, 15) is 9.18 Å². The lowest BCUT2D eigenvalue weighted by atomic mass is 10.2. The van der Waals surface area contributed by atoms with Crippen molar-refractivity contribution in [3.8, 4) is 0 Å². The maximum Gasteiger partial charge on any atom is 0.254 e. The molecular weight excluding hydrogens is 301 g/mol. The number of rotatable bonds is 6. The highest BCUT2D eigenvalue weighted by Gasteiger charge is 2.21. The Morgan fingerprint density at radius 3 is 3.00 bits per heavy atom. The molecule has 1 aliphatic carbocycles. The van der Waals surface area contributed by atoms with Gasteiger partial charge >= 0.3 is 0 Å². The second kappa shape index (κ2) is 6.29. The Bertz CT molecular complexity index is 435. The molecule has 0 saturated heterocycles. The van der Waals surface area contributed by atoms with E-state index in [1.165, 1.54) is 18.9 Å². The molecule has 3 nitrogen and oxygen atoms in total. The van der Waals surface area contributed by atoms with Crippen LogP contribution in [0, 0.1) is 11.7 Å². The summed E-state index contributed by atoms with van der Waals surface area (Å²) in [6.45, 7) is 1.64. The zero-order valence-electron chi connectivity index (χ0n) is 9.92. The molecule has 1 N–H and O–H groups in total. The largest absolute Gasteiger partial charge is 0.379 e. The molecule has 2 rings (SSSR count). The van der Waals surface area contributed by atoms with Crippen LogP contribution in [-0.2, 0) is 4.74 Å². The number of ether oxygens (including phenoxy) is 1. The standard InChI is InChI=1S/C13H15BrFNO2/c14-11-3-1-2-10(12(11)15)13(17)16-6-7-18-8-9-4-5-9/h1-3,9H,4-8H2,(H,16,17). The van der Waals surface area contributed by atoms with Gasteiger partial charge in [-0.2, -0.15) is 0 Å². The van der Waals surface area contributed by atoms with Crippen LogP contribution in [-0.4, -0.2) is 25.7 Å². The minimum atomic E-state index is -0.533. The molecule has 0 heterocycles. The van der Waals surface area contributed by atoms with E-state index < -0.39 is 11.7 Å². The number of hydrogen-bond donors (Lipinski definition) is 1. The lowest BCUT2D eigenvalue weighted by Gasteiger charge is -2.07. The molecule has 1 aliphatic rings. The van der Waals surface area contributed by atoms with Crippen molar-refractivity contribution in [3.63, 3.8) is 0 Å². The highest BCUT2D eigenvalue weighted by Crippen LogP contribution is 2.28. The van der Waals surface area contributed by atoms with Crippen LogP contribution in [0.5, 0.6) is 0 Å². The van der Waals surface area contributed by atoms with Gasteiger partial charge in [0.15, 0.2) is 0 Å². The van der Waals surface area contributed by atoms with Crippen molar-refractivity contribution < 1.29 is 13.9 Å². The molecule has 18 heavy (non-hydrogen) atoms. The summed E-state index contributed by atoms with van der Waals surface area (Å²) in [5, 5.41) is 2.64. The number of halogens is 2. The van der Waals surface area contributed by atoms with Gasteiger partial charge < -0.3 is 10.1 Å². The van der Waals surface area contributed by atoms with E-state index in [4.69, 9.17) is 4.74 Å². The minimum absolute atomic E-state index is 0.0477. The first kappa shape index (κ1) is 13.5. The van der Waals surface area contributed by atoms with Crippen LogP contribution in [0.15, 0.2) is 22.7 Å². The maximum absolute atomic E-state index is 13.6. The van der Waals surface area contributed by atoms with E-state index in [1.807, 2.05) is 0 Å². The number of benzene rings is 1. The van der Waals surface area contributed by atoms with Gasteiger partial charge in [-0.1, -0.05) is 6.07 Å². The molecule has 1 aromatic rings. The number of amides is 1. The van der Waals surface area contributed by atoms with E-state index in [0.717, 1.165) is 6.61 Å². The highest BCUT2D eigenvalue weighted by atomic mass is 79.9. The Kier molecular flexibility index (Phi) is 4.72. The molecule has 1 amide bonds. The van der Waals surface area contributed by atoms with Gasteiger partial charge in [0, 0.05) is 13.2 Å². The van der Waals surface area contributed by atoms with E-state index in [0.29, 0.717) is 23.5 Å². The number of nitrogens with one attached hydrogen (secondary N) is 1. The zero-order valence-corrected chi connectivity index (χ0v) is 11.5. The number of hydrogen-bond acceptors (Lipinski definition) is 2. The van der Waals surface area contributed by atoms with Crippen molar-refractivity contribution in [2.45, 2.75) is 12.8 Å². The van der Waals surface area contributed by atoms with Gasteiger partial charge in [-0.25, -0.2) is 4.39 Å². The number of carbonyl (C=O) groups excluding carboxylic acids is 1. The average Bonchev–Trinajstić information content (AvgIpc) is 3.16. The van der Waals surface area contributed by atoms with Gasteiger partial charge in [0.2, 0.25) is 0 Å². The van der Waals surface area contributed by atoms with Gasteiger partial charge in [0.05, 0.1) is 16.6 Å². The van der Waals surface area contributed by atoms with Crippen molar-refractivity contribution in [2.24, 2.45) is 5.92 Å². The first-order valence-electron chi connectivity index (χ1n) is 5.98. The molecule has 98 valence electrons. The lowest BCUT2D eigenvalue weighted by molar-refractivity contribution is 0.0902. The van der Waals surface area contributed by atoms with Crippen molar-refractivity contribution in [1.29, 1.82) is 0 Å². The van der Waals surface area contributed by atoms with E-state index in [1.54, 1.807) is 12.1 Å². The normalized spacial score (nSPS) is 14.6. The minimum Gasteiger partial charge on any atom is -0.379 e. The molecule has 0 spiro atoms. The smallest absolute Gasteiger partial charge is 0.254 e. The Hall–Kier alpha value is -0.940. The van der Waals surface area contributed by atoms with Gasteiger partial charge in [-0.3, -0.25) is 4.79 Å². The van der Waals surface area contributed by atoms with E-state index in [2.05, 4.69) is 21.2 Å². The fourth-order valence-corrected chi connectivity index (χ4v) is 1.91. The molecule has 0 aromatic heterocycles. The zero-order chi connectivity index (χ0) is 13.0. The summed E-state index contributed by atoms with van der Waals surface area (Å²) in [4.78, 5) is 11.7. The van der Waals surface area contributed by atoms with E-state index in [-0.39, 0.29) is 5.56 Å². The Labute approximate surface area is 114 Å². The highest BCUT2D eigenvalue weighted by molar-refractivity contribution is 9.10. The summed E-state index contributed by atoms with van der Waals surface area (Å²) in [5.74, 6) is -0.235. The predicted molar refractivity (Wildman–Crippen MR) is 70.0 cm³/mol.